The molecule has 0 saturated carbocycles. The van der Waals surface area contributed by atoms with Crippen LogP contribution in [0.5, 0.6) is 0 Å². The van der Waals surface area contributed by atoms with Gasteiger partial charge in [-0.2, -0.15) is 0 Å². The van der Waals surface area contributed by atoms with Gasteiger partial charge in [-0.3, -0.25) is 0 Å². The predicted octanol–water partition coefficient (Wildman–Crippen LogP) is 3.79. The number of benzene rings is 1. The van der Waals surface area contributed by atoms with Crippen LogP contribution in [0.2, 0.25) is 0 Å². The van der Waals surface area contributed by atoms with E-state index >= 15 is 0 Å². The molecule has 0 radical (unpaired) electrons. The van der Waals surface area contributed by atoms with Gasteiger partial charge >= 0.3 is 0 Å². The Balaban J connectivity index is 1.91. The van der Waals surface area contributed by atoms with E-state index in [1.165, 1.54) is 17.8 Å². The fraction of sp³-hybridized carbons (Fsp3) is 0.417. The number of nitrogens with zero attached hydrogens (tertiary/aromatic N) is 1. The Kier molecular flexibility index (Phi) is 3.94. The molecule has 0 amide bonds. The molecule has 0 N–H and O–H groups in total. The summed E-state index contributed by atoms with van der Waals surface area (Å²) in [7, 11) is 0. The third kappa shape index (κ3) is 3.13. The molecule has 2 nitrogen and oxygen atoms in total. The first kappa shape index (κ1) is 12.7. The van der Waals surface area contributed by atoms with Gasteiger partial charge in [0, 0.05) is 12.2 Å². The van der Waals surface area contributed by atoms with E-state index in [9.17, 15) is 4.39 Å². The lowest BCUT2D eigenvalue weighted by atomic mass is 10.1. The third-order valence-electron chi connectivity index (χ3n) is 2.53. The summed E-state index contributed by atoms with van der Waals surface area (Å²) in [5.41, 5.74) is 0.277. The number of hydrogen-bond donors (Lipinski definition) is 0. The SMILES string of the molecule is CC1(CCl)CC(SCc2ccccc2F)=NO1. The molecule has 5 heteroatoms. The standard InChI is InChI=1S/C12H13ClFNOS/c1-12(8-13)6-11(15-16-12)17-7-9-4-2-3-5-10(9)14/h2-5H,6-8H2,1H3. The predicted molar refractivity (Wildman–Crippen MR) is 70.0 cm³/mol. The molecule has 0 fully saturated rings. The summed E-state index contributed by atoms with van der Waals surface area (Å²) in [5.74, 6) is 0.785. The van der Waals surface area contributed by atoms with E-state index in [1.54, 1.807) is 12.1 Å². The molecule has 2 rings (SSSR count). The normalized spacial score (nSPS) is 23.4. The first-order chi connectivity index (χ1) is 8.13. The molecular weight excluding hydrogens is 261 g/mol. The van der Waals surface area contributed by atoms with Crippen LogP contribution in [-0.4, -0.2) is 16.5 Å². The summed E-state index contributed by atoms with van der Waals surface area (Å²) in [6.07, 6.45) is 0.690. The molecule has 92 valence electrons. The third-order valence-corrected chi connectivity index (χ3v) is 4.10. The summed E-state index contributed by atoms with van der Waals surface area (Å²) in [6.45, 7) is 1.92. The quantitative estimate of drug-likeness (QED) is 0.782. The lowest BCUT2D eigenvalue weighted by molar-refractivity contribution is 0.0152. The highest BCUT2D eigenvalue weighted by molar-refractivity contribution is 8.13. The molecule has 1 unspecified atom stereocenters. The van der Waals surface area contributed by atoms with Crippen molar-refractivity contribution in [3.05, 3.63) is 35.6 Å². The van der Waals surface area contributed by atoms with Crippen molar-refractivity contribution in [1.82, 2.24) is 0 Å². The van der Waals surface area contributed by atoms with E-state index in [0.29, 0.717) is 23.6 Å². The van der Waals surface area contributed by atoms with Crippen molar-refractivity contribution >= 4 is 28.4 Å². The van der Waals surface area contributed by atoms with Gasteiger partial charge < -0.3 is 4.84 Å². The molecule has 1 heterocycles. The first-order valence-corrected chi connectivity index (χ1v) is 6.82. The molecular formula is C12H13ClFNOS. The molecule has 1 aromatic carbocycles. The van der Waals surface area contributed by atoms with E-state index in [0.717, 1.165) is 5.04 Å². The van der Waals surface area contributed by atoms with Gasteiger partial charge in [0.25, 0.3) is 0 Å². The summed E-state index contributed by atoms with van der Waals surface area (Å²) < 4.78 is 13.4. The first-order valence-electron chi connectivity index (χ1n) is 5.30. The van der Waals surface area contributed by atoms with Crippen molar-refractivity contribution in [1.29, 1.82) is 0 Å². The molecule has 0 bridgehead atoms. The zero-order chi connectivity index (χ0) is 12.3. The zero-order valence-electron chi connectivity index (χ0n) is 9.45. The van der Waals surface area contributed by atoms with E-state index in [1.807, 2.05) is 13.0 Å². The molecule has 1 atom stereocenters. The molecule has 1 aliphatic rings. The van der Waals surface area contributed by atoms with E-state index < -0.39 is 5.60 Å². The van der Waals surface area contributed by atoms with Crippen LogP contribution >= 0.6 is 23.4 Å². The summed E-state index contributed by atoms with van der Waals surface area (Å²) in [5, 5.41) is 4.85. The molecule has 0 saturated heterocycles. The number of halogens is 2. The van der Waals surface area contributed by atoms with Gasteiger partial charge in [-0.25, -0.2) is 4.39 Å². The molecule has 0 spiro atoms. The maximum absolute atomic E-state index is 13.4. The fourth-order valence-electron chi connectivity index (χ4n) is 1.47. The van der Waals surface area contributed by atoms with Gasteiger partial charge in [0.15, 0.2) is 5.60 Å². The molecule has 0 aromatic heterocycles. The topological polar surface area (TPSA) is 21.6 Å². The van der Waals surface area contributed by atoms with Crippen molar-refractivity contribution in [3.63, 3.8) is 0 Å². The van der Waals surface area contributed by atoms with E-state index in [2.05, 4.69) is 5.16 Å². The van der Waals surface area contributed by atoms with Crippen molar-refractivity contribution in [2.24, 2.45) is 5.16 Å². The van der Waals surface area contributed by atoms with Crippen LogP contribution in [-0.2, 0) is 10.6 Å². The van der Waals surface area contributed by atoms with Gasteiger partial charge in [0.2, 0.25) is 0 Å². The lowest BCUT2D eigenvalue weighted by Crippen LogP contribution is -2.26. The van der Waals surface area contributed by atoms with Gasteiger partial charge in [-0.05, 0) is 18.6 Å². The lowest BCUT2D eigenvalue weighted by Gasteiger charge is -2.16. The number of oxime groups is 1. The van der Waals surface area contributed by atoms with Gasteiger partial charge in [-0.15, -0.1) is 23.4 Å². The van der Waals surface area contributed by atoms with Crippen LogP contribution in [0.15, 0.2) is 29.4 Å². The largest absolute Gasteiger partial charge is 0.387 e. The van der Waals surface area contributed by atoms with Crippen molar-refractivity contribution in [3.8, 4) is 0 Å². The summed E-state index contributed by atoms with van der Waals surface area (Å²) in [6, 6.07) is 6.75. The van der Waals surface area contributed by atoms with Gasteiger partial charge in [0.05, 0.1) is 5.88 Å². The van der Waals surface area contributed by atoms with E-state index in [4.69, 9.17) is 16.4 Å². The second-order valence-electron chi connectivity index (χ2n) is 4.22. The van der Waals surface area contributed by atoms with Crippen LogP contribution in [0.25, 0.3) is 0 Å². The van der Waals surface area contributed by atoms with Crippen LogP contribution < -0.4 is 0 Å². The van der Waals surface area contributed by atoms with Crippen LogP contribution in [0.1, 0.15) is 18.9 Å². The Morgan fingerprint density at radius 3 is 2.94 bits per heavy atom. The van der Waals surface area contributed by atoms with Gasteiger partial charge in [0.1, 0.15) is 10.9 Å². The van der Waals surface area contributed by atoms with Crippen molar-refractivity contribution in [2.45, 2.75) is 24.7 Å². The second-order valence-corrected chi connectivity index (χ2v) is 5.53. The van der Waals surface area contributed by atoms with Crippen molar-refractivity contribution in [2.75, 3.05) is 5.88 Å². The van der Waals surface area contributed by atoms with Crippen molar-refractivity contribution < 1.29 is 9.23 Å². The minimum Gasteiger partial charge on any atom is -0.387 e. The average Bonchev–Trinajstić information content (AvgIpc) is 2.71. The highest BCUT2D eigenvalue weighted by Gasteiger charge is 2.33. The minimum absolute atomic E-state index is 0.181. The second kappa shape index (κ2) is 5.27. The number of hydrogen-bond acceptors (Lipinski definition) is 3. The Morgan fingerprint density at radius 1 is 1.53 bits per heavy atom. The smallest absolute Gasteiger partial charge is 0.154 e. The zero-order valence-corrected chi connectivity index (χ0v) is 11.0. The maximum Gasteiger partial charge on any atom is 0.154 e. The monoisotopic (exact) mass is 273 g/mol. The highest BCUT2D eigenvalue weighted by atomic mass is 35.5. The Morgan fingerprint density at radius 2 is 2.29 bits per heavy atom. The Labute approximate surface area is 109 Å². The van der Waals surface area contributed by atoms with Crippen LogP contribution in [0.3, 0.4) is 0 Å². The fourth-order valence-corrected chi connectivity index (χ4v) is 2.67. The molecule has 17 heavy (non-hydrogen) atoms. The molecule has 1 aromatic rings. The number of thioether (sulfide) groups is 1. The van der Waals surface area contributed by atoms with Crippen LogP contribution in [0.4, 0.5) is 4.39 Å². The van der Waals surface area contributed by atoms with E-state index in [-0.39, 0.29) is 5.82 Å². The summed E-state index contributed by atoms with van der Waals surface area (Å²) >= 11 is 7.28. The molecule has 0 aliphatic carbocycles. The Bertz CT molecular complexity index is 440. The van der Waals surface area contributed by atoms with Gasteiger partial charge in [-0.1, -0.05) is 23.4 Å². The minimum atomic E-state index is -0.404. The molecule has 1 aliphatic heterocycles. The number of alkyl halides is 1. The Hall–Kier alpha value is -0.740. The summed E-state index contributed by atoms with van der Waals surface area (Å²) in [4.78, 5) is 5.26. The highest BCUT2D eigenvalue weighted by Crippen LogP contribution is 2.30. The maximum atomic E-state index is 13.4. The average molecular weight is 274 g/mol. The van der Waals surface area contributed by atoms with Crippen LogP contribution in [0, 0.1) is 5.82 Å². The number of rotatable bonds is 3.